The number of Topliss-reactive ketones (excluding diaryl/α,β-unsaturated/α-hetero) is 1. The Balaban J connectivity index is 4.54. The molecule has 0 aromatic carbocycles. The summed E-state index contributed by atoms with van der Waals surface area (Å²) in [7, 11) is 1.23. The molecular weight excluding hydrogens is 172 g/mol. The first-order chi connectivity index (χ1) is 6.17. The summed E-state index contributed by atoms with van der Waals surface area (Å²) in [5.41, 5.74) is -0.0353. The molecule has 0 N–H and O–H groups in total. The molecule has 0 bridgehead atoms. The zero-order valence-electron chi connectivity index (χ0n) is 8.12. The predicted octanol–water partition coefficient (Wildman–Crippen LogP) is 1.06. The summed E-state index contributed by atoms with van der Waals surface area (Å²) in [5, 5.41) is 0. The van der Waals surface area contributed by atoms with Gasteiger partial charge in [-0.3, -0.25) is 4.79 Å². The molecule has 0 heterocycles. The number of ether oxygens (including phenoxy) is 2. The van der Waals surface area contributed by atoms with Crippen LogP contribution in [0.4, 0.5) is 0 Å². The van der Waals surface area contributed by atoms with Crippen LogP contribution in [0, 0.1) is 0 Å². The minimum Gasteiger partial charge on any atom is -0.500 e. The van der Waals surface area contributed by atoms with Crippen molar-refractivity contribution >= 4 is 11.8 Å². The number of ketones is 1. The lowest BCUT2D eigenvalue weighted by Gasteiger charge is -2.02. The molecule has 74 valence electrons. The molecule has 0 fully saturated rings. The maximum Gasteiger partial charge on any atom is 0.344 e. The number of hydrogen-bond acceptors (Lipinski definition) is 4. The first-order valence-corrected chi connectivity index (χ1v) is 4.10. The van der Waals surface area contributed by atoms with Gasteiger partial charge in [0.15, 0.2) is 5.78 Å². The zero-order chi connectivity index (χ0) is 10.3. The van der Waals surface area contributed by atoms with Crippen LogP contribution in [-0.2, 0) is 19.1 Å². The average Bonchev–Trinajstić information content (AvgIpc) is 2.17. The van der Waals surface area contributed by atoms with E-state index in [-0.39, 0.29) is 17.8 Å². The van der Waals surface area contributed by atoms with E-state index in [1.807, 2.05) is 0 Å². The summed E-state index contributed by atoms with van der Waals surface area (Å²) in [5.74, 6) is -0.930. The highest BCUT2D eigenvalue weighted by atomic mass is 16.5. The molecule has 13 heavy (non-hydrogen) atoms. The highest BCUT2D eigenvalue weighted by Crippen LogP contribution is 2.02. The van der Waals surface area contributed by atoms with Crippen molar-refractivity contribution in [2.75, 3.05) is 13.7 Å². The number of carbonyl (C=O) groups excluding carboxylic acids is 2. The van der Waals surface area contributed by atoms with Crippen molar-refractivity contribution in [1.82, 2.24) is 0 Å². The Morgan fingerprint density at radius 2 is 1.92 bits per heavy atom. The normalized spacial score (nSPS) is 10.8. The number of hydrogen-bond donors (Lipinski definition) is 0. The Morgan fingerprint density at radius 1 is 1.31 bits per heavy atom. The third kappa shape index (κ3) is 3.73. The molecule has 0 aliphatic heterocycles. The third-order valence-corrected chi connectivity index (χ3v) is 1.39. The molecule has 0 amide bonds. The Hall–Kier alpha value is -1.32. The molecule has 0 aliphatic rings. The minimum atomic E-state index is -0.653. The standard InChI is InChI=1S/C9H14O4/c1-4-8(10)7(6-13-5-2)9(11)12-3/h6H,4-5H2,1-3H3/b7-6+. The van der Waals surface area contributed by atoms with Gasteiger partial charge >= 0.3 is 5.97 Å². The van der Waals surface area contributed by atoms with Crippen molar-refractivity contribution in [3.05, 3.63) is 11.8 Å². The topological polar surface area (TPSA) is 52.6 Å². The molecule has 0 aliphatic carbocycles. The van der Waals surface area contributed by atoms with Gasteiger partial charge in [-0.1, -0.05) is 6.92 Å². The highest BCUT2D eigenvalue weighted by Gasteiger charge is 2.17. The monoisotopic (exact) mass is 186 g/mol. The van der Waals surface area contributed by atoms with Crippen molar-refractivity contribution < 1.29 is 19.1 Å². The number of rotatable bonds is 5. The van der Waals surface area contributed by atoms with Gasteiger partial charge in [-0.05, 0) is 6.92 Å². The lowest BCUT2D eigenvalue weighted by molar-refractivity contribution is -0.138. The summed E-state index contributed by atoms with van der Waals surface area (Å²) in [6.07, 6.45) is 1.41. The summed E-state index contributed by atoms with van der Waals surface area (Å²) in [4.78, 5) is 22.2. The zero-order valence-corrected chi connectivity index (χ0v) is 8.12. The fraction of sp³-hybridized carbons (Fsp3) is 0.556. The van der Waals surface area contributed by atoms with Crippen LogP contribution in [0.15, 0.2) is 11.8 Å². The van der Waals surface area contributed by atoms with Gasteiger partial charge in [0, 0.05) is 6.42 Å². The van der Waals surface area contributed by atoms with Gasteiger partial charge in [0.05, 0.1) is 13.7 Å². The molecule has 0 aromatic heterocycles. The van der Waals surface area contributed by atoms with Crippen molar-refractivity contribution in [3.8, 4) is 0 Å². The first-order valence-electron chi connectivity index (χ1n) is 4.10. The van der Waals surface area contributed by atoms with Gasteiger partial charge in [-0.25, -0.2) is 4.79 Å². The van der Waals surface area contributed by atoms with Crippen molar-refractivity contribution in [2.24, 2.45) is 0 Å². The molecule has 0 radical (unpaired) electrons. The molecule has 0 unspecified atom stereocenters. The summed E-state index contributed by atoms with van der Waals surface area (Å²) in [6.45, 7) is 3.85. The van der Waals surface area contributed by atoms with E-state index >= 15 is 0 Å². The van der Waals surface area contributed by atoms with E-state index in [4.69, 9.17) is 4.74 Å². The average molecular weight is 186 g/mol. The number of carbonyl (C=O) groups is 2. The fourth-order valence-corrected chi connectivity index (χ4v) is 0.695. The van der Waals surface area contributed by atoms with Crippen LogP contribution < -0.4 is 0 Å². The molecule has 0 aromatic rings. The van der Waals surface area contributed by atoms with Crippen LogP contribution in [0.3, 0.4) is 0 Å². The molecule has 0 spiro atoms. The quantitative estimate of drug-likeness (QED) is 0.212. The van der Waals surface area contributed by atoms with Gasteiger partial charge in [-0.15, -0.1) is 0 Å². The smallest absolute Gasteiger partial charge is 0.344 e. The van der Waals surface area contributed by atoms with E-state index in [0.717, 1.165) is 6.26 Å². The van der Waals surface area contributed by atoms with E-state index in [0.29, 0.717) is 6.61 Å². The summed E-state index contributed by atoms with van der Waals surface area (Å²) < 4.78 is 9.28. The second kappa shape index (κ2) is 6.22. The largest absolute Gasteiger partial charge is 0.500 e. The lowest BCUT2D eigenvalue weighted by atomic mass is 10.1. The van der Waals surface area contributed by atoms with Gasteiger partial charge in [0.1, 0.15) is 11.8 Å². The fourth-order valence-electron chi connectivity index (χ4n) is 0.695. The maximum absolute atomic E-state index is 11.2. The van der Waals surface area contributed by atoms with E-state index in [9.17, 15) is 9.59 Å². The van der Waals surface area contributed by atoms with Crippen molar-refractivity contribution in [2.45, 2.75) is 20.3 Å². The Labute approximate surface area is 77.5 Å². The Bertz CT molecular complexity index is 200. The van der Waals surface area contributed by atoms with Crippen LogP contribution in [0.2, 0.25) is 0 Å². The maximum atomic E-state index is 11.2. The third-order valence-electron chi connectivity index (χ3n) is 1.39. The predicted molar refractivity (Wildman–Crippen MR) is 47.0 cm³/mol. The van der Waals surface area contributed by atoms with Crippen molar-refractivity contribution in [3.63, 3.8) is 0 Å². The van der Waals surface area contributed by atoms with Crippen molar-refractivity contribution in [1.29, 1.82) is 0 Å². The van der Waals surface area contributed by atoms with Crippen LogP contribution in [0.25, 0.3) is 0 Å². The first kappa shape index (κ1) is 11.7. The molecule has 0 rings (SSSR count). The van der Waals surface area contributed by atoms with E-state index in [1.54, 1.807) is 13.8 Å². The van der Waals surface area contributed by atoms with E-state index in [2.05, 4.69) is 4.74 Å². The van der Waals surface area contributed by atoms with Gasteiger partial charge in [-0.2, -0.15) is 0 Å². The highest BCUT2D eigenvalue weighted by molar-refractivity contribution is 6.16. The second-order valence-electron chi connectivity index (χ2n) is 2.26. The lowest BCUT2D eigenvalue weighted by Crippen LogP contribution is -2.14. The van der Waals surface area contributed by atoms with E-state index < -0.39 is 5.97 Å². The summed E-state index contributed by atoms with van der Waals surface area (Å²) in [6, 6.07) is 0. The van der Waals surface area contributed by atoms with Crippen LogP contribution in [0.5, 0.6) is 0 Å². The van der Waals surface area contributed by atoms with Crippen LogP contribution in [0.1, 0.15) is 20.3 Å². The van der Waals surface area contributed by atoms with Gasteiger partial charge in [0.25, 0.3) is 0 Å². The molecule has 0 saturated carbocycles. The van der Waals surface area contributed by atoms with Gasteiger partial charge in [0.2, 0.25) is 0 Å². The molecule has 4 heteroatoms. The van der Waals surface area contributed by atoms with Crippen LogP contribution in [-0.4, -0.2) is 25.5 Å². The SMILES string of the molecule is CCO/C=C(\C(=O)CC)C(=O)OC. The molecular formula is C9H14O4. The molecule has 4 nitrogen and oxygen atoms in total. The molecule has 0 saturated heterocycles. The minimum absolute atomic E-state index is 0.0353. The summed E-state index contributed by atoms with van der Waals surface area (Å²) >= 11 is 0. The number of methoxy groups -OCH3 is 1. The van der Waals surface area contributed by atoms with Crippen LogP contribution >= 0.6 is 0 Å². The van der Waals surface area contributed by atoms with Gasteiger partial charge < -0.3 is 9.47 Å². The van der Waals surface area contributed by atoms with E-state index in [1.165, 1.54) is 7.11 Å². The molecule has 0 atom stereocenters. The Kier molecular flexibility index (Phi) is 5.59. The Morgan fingerprint density at radius 3 is 2.31 bits per heavy atom. The number of esters is 1. The second-order valence-corrected chi connectivity index (χ2v) is 2.26.